The minimum atomic E-state index is -0.854. The Morgan fingerprint density at radius 1 is 0.804 bits per heavy atom. The van der Waals surface area contributed by atoms with Crippen LogP contribution in [0, 0.1) is 21.8 Å². The summed E-state index contributed by atoms with van der Waals surface area (Å²) in [6.45, 7) is 6.72. The summed E-state index contributed by atoms with van der Waals surface area (Å²) in [5.41, 5.74) is 1.09. The lowest BCUT2D eigenvalue weighted by Crippen LogP contribution is -2.13. The minimum Gasteiger partial charge on any atom is -0.487 e. The monoisotopic (exact) mass is 635 g/mol. The van der Waals surface area contributed by atoms with Crippen LogP contribution in [0.15, 0.2) is 60.7 Å². The lowest BCUT2D eigenvalue weighted by molar-refractivity contribution is -0.385. The fourth-order valence-corrected chi connectivity index (χ4v) is 4.84. The molecule has 3 aromatic carbocycles. The van der Waals surface area contributed by atoms with Crippen LogP contribution in [-0.2, 0) is 4.74 Å². The van der Waals surface area contributed by atoms with Crippen molar-refractivity contribution >= 4 is 17.6 Å². The van der Waals surface area contributed by atoms with Crippen LogP contribution < -0.4 is 9.47 Å². The van der Waals surface area contributed by atoms with Crippen LogP contribution in [0.5, 0.6) is 11.5 Å². The van der Waals surface area contributed by atoms with Gasteiger partial charge in [-0.1, -0.05) is 103 Å². The molecule has 0 aromatic heterocycles. The number of hydrogen-bond acceptors (Lipinski definition) is 7. The number of esters is 2. The average molecular weight is 636 g/mol. The number of halogens is 1. The molecule has 0 spiro atoms. The Bertz CT molecular complexity index is 1420. The first-order chi connectivity index (χ1) is 22.2. The molecule has 0 saturated carbocycles. The summed E-state index contributed by atoms with van der Waals surface area (Å²) < 4.78 is 30.8. The van der Waals surface area contributed by atoms with Crippen LogP contribution in [0.1, 0.15) is 112 Å². The molecule has 0 aliphatic carbocycles. The second-order valence-corrected chi connectivity index (χ2v) is 11.7. The van der Waals surface area contributed by atoms with Crippen molar-refractivity contribution < 1.29 is 33.1 Å². The first kappa shape index (κ1) is 36.2. The number of nitro benzene ring substituents is 1. The van der Waals surface area contributed by atoms with Crippen molar-refractivity contribution in [1.29, 1.82) is 0 Å². The number of carbonyl (C=O) groups excluding carboxylic acids is 2. The van der Waals surface area contributed by atoms with Crippen molar-refractivity contribution in [3.63, 3.8) is 0 Å². The normalized spacial score (nSPS) is 11.6. The predicted octanol–water partition coefficient (Wildman–Crippen LogP) is 10.1. The van der Waals surface area contributed by atoms with Gasteiger partial charge in [-0.2, -0.15) is 0 Å². The zero-order chi connectivity index (χ0) is 33.3. The summed E-state index contributed by atoms with van der Waals surface area (Å²) in [5, 5.41) is 11.8. The molecule has 0 amide bonds. The summed E-state index contributed by atoms with van der Waals surface area (Å²) in [7, 11) is 0. The quantitative estimate of drug-likeness (QED) is 0.0400. The molecule has 0 radical (unpaired) electrons. The van der Waals surface area contributed by atoms with E-state index in [-0.39, 0.29) is 40.8 Å². The summed E-state index contributed by atoms with van der Waals surface area (Å²) in [5.74, 6) is -2.03. The van der Waals surface area contributed by atoms with E-state index in [1.54, 1.807) is 24.3 Å². The van der Waals surface area contributed by atoms with Gasteiger partial charge in [0, 0.05) is 12.1 Å². The van der Waals surface area contributed by atoms with E-state index in [9.17, 15) is 24.1 Å². The predicted molar refractivity (Wildman–Crippen MR) is 177 cm³/mol. The third kappa shape index (κ3) is 11.6. The number of rotatable bonds is 20. The molecule has 0 fully saturated rings. The Morgan fingerprint density at radius 2 is 1.43 bits per heavy atom. The van der Waals surface area contributed by atoms with Gasteiger partial charge < -0.3 is 14.2 Å². The maximum atomic E-state index is 14.6. The SMILES string of the molecule is CCCCCCCCCCCCOc1ccc(-c2ccc(C(=O)Oc3ccc(C(=O)OC[C@@H](C)CC)c(F)c3)cc2)cc1[N+](=O)[O-]. The van der Waals surface area contributed by atoms with Gasteiger partial charge in [-0.05, 0) is 53.8 Å². The second-order valence-electron chi connectivity index (χ2n) is 11.7. The van der Waals surface area contributed by atoms with Gasteiger partial charge >= 0.3 is 17.6 Å². The topological polar surface area (TPSA) is 105 Å². The Hall–Kier alpha value is -4.27. The molecule has 3 rings (SSSR count). The molecular weight excluding hydrogens is 589 g/mol. The standard InChI is InChI=1S/C37H46FNO7/c1-4-6-7-8-9-10-11-12-13-14-23-44-35-22-19-30(24-34(35)39(42)43)28-15-17-29(18-16-28)36(40)46-31-20-21-32(33(38)25-31)37(41)45-26-27(3)5-2/h15-22,24-25,27H,4-14,23,26H2,1-3H3/t27-/m0/s1. The van der Waals surface area contributed by atoms with Crippen LogP contribution >= 0.6 is 0 Å². The summed E-state index contributed by atoms with van der Waals surface area (Å²) in [6, 6.07) is 14.7. The largest absolute Gasteiger partial charge is 0.487 e. The number of ether oxygens (including phenoxy) is 3. The Morgan fingerprint density at radius 3 is 2.04 bits per heavy atom. The van der Waals surface area contributed by atoms with E-state index in [0.717, 1.165) is 31.7 Å². The highest BCUT2D eigenvalue weighted by Gasteiger charge is 2.19. The fourth-order valence-electron chi connectivity index (χ4n) is 4.84. The highest BCUT2D eigenvalue weighted by Crippen LogP contribution is 2.33. The fraction of sp³-hybridized carbons (Fsp3) is 0.459. The zero-order valence-corrected chi connectivity index (χ0v) is 27.2. The number of nitrogens with zero attached hydrogens (tertiary/aromatic N) is 1. The van der Waals surface area contributed by atoms with Gasteiger partial charge in [0.15, 0.2) is 5.75 Å². The van der Waals surface area contributed by atoms with Crippen molar-refractivity contribution in [2.75, 3.05) is 13.2 Å². The van der Waals surface area contributed by atoms with E-state index < -0.39 is 22.7 Å². The molecule has 0 aliphatic heterocycles. The van der Waals surface area contributed by atoms with E-state index >= 15 is 0 Å². The van der Waals surface area contributed by atoms with E-state index in [2.05, 4.69) is 6.92 Å². The third-order valence-corrected chi connectivity index (χ3v) is 7.93. The van der Waals surface area contributed by atoms with Gasteiger partial charge in [0.05, 0.1) is 29.3 Å². The molecule has 0 unspecified atom stereocenters. The second kappa shape index (κ2) is 19.3. The number of carbonyl (C=O) groups is 2. The van der Waals surface area contributed by atoms with Crippen molar-refractivity contribution in [3.05, 3.63) is 87.7 Å². The molecule has 0 aliphatic rings. The van der Waals surface area contributed by atoms with Gasteiger partial charge in [0.25, 0.3) is 0 Å². The van der Waals surface area contributed by atoms with Crippen LogP contribution in [0.25, 0.3) is 11.1 Å². The molecular formula is C37H46FNO7. The summed E-state index contributed by atoms with van der Waals surface area (Å²) in [4.78, 5) is 36.2. The van der Waals surface area contributed by atoms with Gasteiger partial charge in [0.2, 0.25) is 0 Å². The number of benzene rings is 3. The van der Waals surface area contributed by atoms with Gasteiger partial charge in [-0.25, -0.2) is 14.0 Å². The molecule has 1 atom stereocenters. The summed E-state index contributed by atoms with van der Waals surface area (Å²) >= 11 is 0. The van der Waals surface area contributed by atoms with Crippen molar-refractivity contribution in [2.24, 2.45) is 5.92 Å². The molecule has 0 heterocycles. The molecule has 0 saturated heterocycles. The van der Waals surface area contributed by atoms with Crippen molar-refractivity contribution in [3.8, 4) is 22.6 Å². The lowest BCUT2D eigenvalue weighted by atomic mass is 10.0. The average Bonchev–Trinajstić information content (AvgIpc) is 3.06. The maximum absolute atomic E-state index is 14.6. The van der Waals surface area contributed by atoms with E-state index in [0.29, 0.717) is 17.7 Å². The minimum absolute atomic E-state index is 0.0610. The zero-order valence-electron chi connectivity index (χ0n) is 27.2. The smallest absolute Gasteiger partial charge is 0.343 e. The first-order valence-electron chi connectivity index (χ1n) is 16.4. The molecule has 9 heteroatoms. The Kier molecular flexibility index (Phi) is 15.2. The van der Waals surface area contributed by atoms with Crippen LogP contribution in [0.2, 0.25) is 0 Å². The number of nitro groups is 1. The molecule has 0 bridgehead atoms. The third-order valence-electron chi connectivity index (χ3n) is 7.93. The molecule has 46 heavy (non-hydrogen) atoms. The van der Waals surface area contributed by atoms with Gasteiger partial charge in [0.1, 0.15) is 11.6 Å². The number of unbranched alkanes of at least 4 members (excludes halogenated alkanes) is 9. The molecule has 0 N–H and O–H groups in total. The Balaban J connectivity index is 1.52. The van der Waals surface area contributed by atoms with E-state index in [1.807, 2.05) is 13.8 Å². The van der Waals surface area contributed by atoms with Crippen LogP contribution in [-0.4, -0.2) is 30.1 Å². The van der Waals surface area contributed by atoms with Crippen LogP contribution in [0.3, 0.4) is 0 Å². The maximum Gasteiger partial charge on any atom is 0.343 e. The molecule has 3 aromatic rings. The lowest BCUT2D eigenvalue weighted by Gasteiger charge is -2.11. The van der Waals surface area contributed by atoms with Crippen molar-refractivity contribution in [1.82, 2.24) is 0 Å². The van der Waals surface area contributed by atoms with E-state index in [1.165, 1.54) is 75.3 Å². The van der Waals surface area contributed by atoms with Gasteiger partial charge in [-0.15, -0.1) is 0 Å². The summed E-state index contributed by atoms with van der Waals surface area (Å²) in [6.07, 6.45) is 12.8. The number of hydrogen-bond donors (Lipinski definition) is 0. The van der Waals surface area contributed by atoms with Gasteiger partial charge in [-0.3, -0.25) is 10.1 Å². The van der Waals surface area contributed by atoms with Crippen LogP contribution in [0.4, 0.5) is 10.1 Å². The van der Waals surface area contributed by atoms with E-state index in [4.69, 9.17) is 14.2 Å². The highest BCUT2D eigenvalue weighted by molar-refractivity contribution is 5.92. The van der Waals surface area contributed by atoms with Crippen molar-refractivity contribution in [2.45, 2.75) is 91.4 Å². The first-order valence-corrected chi connectivity index (χ1v) is 16.4. The molecule has 248 valence electrons. The molecule has 8 nitrogen and oxygen atoms in total. The highest BCUT2D eigenvalue weighted by atomic mass is 19.1. The Labute approximate surface area is 271 Å².